The van der Waals surface area contributed by atoms with Gasteiger partial charge in [0.25, 0.3) is 0 Å². The number of para-hydroxylation sites is 1. The number of ether oxygens (including phenoxy) is 1. The molecule has 0 bridgehead atoms. The van der Waals surface area contributed by atoms with Gasteiger partial charge in [-0.3, -0.25) is 9.59 Å². The van der Waals surface area contributed by atoms with Gasteiger partial charge in [-0.15, -0.1) is 0 Å². The fraction of sp³-hybridized carbons (Fsp3) is 0.529. The van der Waals surface area contributed by atoms with Crippen LogP contribution >= 0.6 is 0 Å². The van der Waals surface area contributed by atoms with Crippen LogP contribution in [0.2, 0.25) is 0 Å². The number of methoxy groups -OCH3 is 1. The van der Waals surface area contributed by atoms with Gasteiger partial charge in [0, 0.05) is 12.5 Å². The number of hydrogen-bond donors (Lipinski definition) is 2. The molecule has 0 radical (unpaired) electrons. The smallest absolute Gasteiger partial charge is 0.306 e. The minimum Gasteiger partial charge on any atom is -0.496 e. The van der Waals surface area contributed by atoms with Crippen molar-refractivity contribution in [3.8, 4) is 5.75 Å². The van der Waals surface area contributed by atoms with Gasteiger partial charge >= 0.3 is 5.97 Å². The van der Waals surface area contributed by atoms with Crippen molar-refractivity contribution in [3.05, 3.63) is 29.8 Å². The van der Waals surface area contributed by atoms with Crippen molar-refractivity contribution >= 4 is 11.9 Å². The third kappa shape index (κ3) is 4.23. The van der Waals surface area contributed by atoms with E-state index in [2.05, 4.69) is 5.32 Å². The zero-order valence-corrected chi connectivity index (χ0v) is 12.9. The van der Waals surface area contributed by atoms with Gasteiger partial charge in [-0.1, -0.05) is 18.2 Å². The van der Waals surface area contributed by atoms with Crippen LogP contribution in [0.3, 0.4) is 0 Å². The summed E-state index contributed by atoms with van der Waals surface area (Å²) in [6, 6.07) is 7.77. The van der Waals surface area contributed by atoms with E-state index in [0.717, 1.165) is 17.7 Å². The maximum absolute atomic E-state index is 12.1. The van der Waals surface area contributed by atoms with Crippen molar-refractivity contribution < 1.29 is 19.4 Å². The number of benzene rings is 1. The number of nitrogens with one attached hydrogen (secondary N) is 1. The van der Waals surface area contributed by atoms with Crippen molar-refractivity contribution in [1.29, 1.82) is 0 Å². The molecule has 0 atom stereocenters. The van der Waals surface area contributed by atoms with E-state index >= 15 is 0 Å². The first-order chi connectivity index (χ1) is 10.6. The summed E-state index contributed by atoms with van der Waals surface area (Å²) in [7, 11) is 1.64. The third-order valence-electron chi connectivity index (χ3n) is 4.33. The van der Waals surface area contributed by atoms with E-state index in [1.165, 1.54) is 0 Å². The van der Waals surface area contributed by atoms with Gasteiger partial charge in [0.15, 0.2) is 0 Å². The first-order valence-corrected chi connectivity index (χ1v) is 7.74. The molecule has 1 amide bonds. The summed E-state index contributed by atoms with van der Waals surface area (Å²) in [5.41, 5.74) is 1.07. The van der Waals surface area contributed by atoms with Gasteiger partial charge in [-0.05, 0) is 43.7 Å². The highest BCUT2D eigenvalue weighted by Crippen LogP contribution is 2.29. The lowest BCUT2D eigenvalue weighted by Crippen LogP contribution is -2.35. The number of carbonyl (C=O) groups is 2. The van der Waals surface area contributed by atoms with E-state index in [0.29, 0.717) is 32.2 Å². The number of amides is 1. The molecule has 0 spiro atoms. The lowest BCUT2D eigenvalue weighted by Gasteiger charge is -2.25. The predicted molar refractivity (Wildman–Crippen MR) is 82.8 cm³/mol. The van der Waals surface area contributed by atoms with Gasteiger partial charge in [0.1, 0.15) is 5.75 Å². The largest absolute Gasteiger partial charge is 0.496 e. The highest BCUT2D eigenvalue weighted by atomic mass is 16.5. The van der Waals surface area contributed by atoms with E-state index < -0.39 is 5.97 Å². The molecule has 1 fully saturated rings. The molecule has 2 rings (SSSR count). The molecule has 1 aliphatic carbocycles. The van der Waals surface area contributed by atoms with Crippen LogP contribution in [0.5, 0.6) is 5.75 Å². The summed E-state index contributed by atoms with van der Waals surface area (Å²) in [4.78, 5) is 23.0. The predicted octanol–water partition coefficient (Wildman–Crippen LogP) is 2.24. The summed E-state index contributed by atoms with van der Waals surface area (Å²) < 4.78 is 5.29. The van der Waals surface area contributed by atoms with Gasteiger partial charge in [-0.25, -0.2) is 0 Å². The summed E-state index contributed by atoms with van der Waals surface area (Å²) in [5.74, 6) is -0.196. The van der Waals surface area contributed by atoms with Crippen molar-refractivity contribution in [2.45, 2.75) is 32.1 Å². The quantitative estimate of drug-likeness (QED) is 0.845. The molecular formula is C17H23NO4. The maximum Gasteiger partial charge on any atom is 0.306 e. The molecule has 0 unspecified atom stereocenters. The molecule has 120 valence electrons. The molecule has 1 aromatic rings. The average molecular weight is 305 g/mol. The van der Waals surface area contributed by atoms with E-state index in [1.54, 1.807) is 7.11 Å². The van der Waals surface area contributed by atoms with E-state index in [-0.39, 0.29) is 17.7 Å². The summed E-state index contributed by atoms with van der Waals surface area (Å²) >= 11 is 0. The first-order valence-electron chi connectivity index (χ1n) is 7.74. The van der Waals surface area contributed by atoms with E-state index in [9.17, 15) is 9.59 Å². The number of hydrogen-bond acceptors (Lipinski definition) is 3. The van der Waals surface area contributed by atoms with Crippen molar-refractivity contribution in [2.75, 3.05) is 13.7 Å². The lowest BCUT2D eigenvalue weighted by atomic mass is 9.81. The number of rotatable bonds is 6. The van der Waals surface area contributed by atoms with Crippen LogP contribution in [0.25, 0.3) is 0 Å². The minimum atomic E-state index is -0.741. The highest BCUT2D eigenvalue weighted by molar-refractivity contribution is 5.79. The normalized spacial score (nSPS) is 21.1. The molecule has 5 nitrogen and oxygen atoms in total. The molecule has 1 aromatic carbocycles. The molecule has 5 heteroatoms. The van der Waals surface area contributed by atoms with Gasteiger partial charge in [0.05, 0.1) is 13.0 Å². The fourth-order valence-corrected chi connectivity index (χ4v) is 2.98. The monoisotopic (exact) mass is 305 g/mol. The molecule has 1 saturated carbocycles. The van der Waals surface area contributed by atoms with E-state index in [1.807, 2.05) is 24.3 Å². The summed E-state index contributed by atoms with van der Waals surface area (Å²) in [5, 5.41) is 11.9. The Morgan fingerprint density at radius 3 is 2.45 bits per heavy atom. The van der Waals surface area contributed by atoms with Crippen LogP contribution in [0, 0.1) is 11.8 Å². The fourth-order valence-electron chi connectivity index (χ4n) is 2.98. The SMILES string of the molecule is COc1ccccc1CCNC(=O)C1CCC(C(=O)O)CC1. The zero-order chi connectivity index (χ0) is 15.9. The van der Waals surface area contributed by atoms with Crippen molar-refractivity contribution in [2.24, 2.45) is 11.8 Å². The van der Waals surface area contributed by atoms with Crippen LogP contribution < -0.4 is 10.1 Å². The Morgan fingerprint density at radius 2 is 1.82 bits per heavy atom. The van der Waals surface area contributed by atoms with Crippen LogP contribution in [-0.2, 0) is 16.0 Å². The van der Waals surface area contributed by atoms with Crippen molar-refractivity contribution in [3.63, 3.8) is 0 Å². The molecule has 1 aliphatic rings. The Kier molecular flexibility index (Phi) is 5.81. The highest BCUT2D eigenvalue weighted by Gasteiger charge is 2.29. The Hall–Kier alpha value is -2.04. The number of carboxylic acid groups (broad SMARTS) is 1. The van der Waals surface area contributed by atoms with Crippen LogP contribution in [0.4, 0.5) is 0 Å². The Bertz CT molecular complexity index is 521. The van der Waals surface area contributed by atoms with Gasteiger partial charge in [0.2, 0.25) is 5.91 Å². The van der Waals surface area contributed by atoms with Gasteiger partial charge < -0.3 is 15.2 Å². The second kappa shape index (κ2) is 7.82. The van der Waals surface area contributed by atoms with Crippen LogP contribution in [0.15, 0.2) is 24.3 Å². The molecule has 2 N–H and O–H groups in total. The summed E-state index contributed by atoms with van der Waals surface area (Å²) in [6.07, 6.45) is 3.25. The zero-order valence-electron chi connectivity index (χ0n) is 12.9. The third-order valence-corrected chi connectivity index (χ3v) is 4.33. The Morgan fingerprint density at radius 1 is 1.18 bits per heavy atom. The Labute approximate surface area is 130 Å². The molecular weight excluding hydrogens is 282 g/mol. The van der Waals surface area contributed by atoms with Crippen LogP contribution in [0.1, 0.15) is 31.2 Å². The second-order valence-corrected chi connectivity index (χ2v) is 5.74. The lowest BCUT2D eigenvalue weighted by molar-refractivity contribution is -0.144. The second-order valence-electron chi connectivity index (χ2n) is 5.74. The topological polar surface area (TPSA) is 75.6 Å². The molecule has 0 heterocycles. The maximum atomic E-state index is 12.1. The number of carbonyl (C=O) groups excluding carboxylic acids is 1. The average Bonchev–Trinajstić information content (AvgIpc) is 2.55. The molecule has 0 aromatic heterocycles. The van der Waals surface area contributed by atoms with E-state index in [4.69, 9.17) is 9.84 Å². The minimum absolute atomic E-state index is 0.0405. The van der Waals surface area contributed by atoms with Gasteiger partial charge in [-0.2, -0.15) is 0 Å². The Balaban J connectivity index is 1.75. The summed E-state index contributed by atoms with van der Waals surface area (Å²) in [6.45, 7) is 0.568. The van der Waals surface area contributed by atoms with Crippen molar-refractivity contribution in [1.82, 2.24) is 5.32 Å². The number of aliphatic carboxylic acids is 1. The number of carboxylic acids is 1. The molecule has 0 saturated heterocycles. The van der Waals surface area contributed by atoms with Crippen LogP contribution in [-0.4, -0.2) is 30.6 Å². The standard InChI is InChI=1S/C17H23NO4/c1-22-15-5-3-2-4-12(15)10-11-18-16(19)13-6-8-14(9-7-13)17(20)21/h2-5,13-14H,6-11H2,1H3,(H,18,19)(H,20,21). The molecule has 22 heavy (non-hydrogen) atoms. The molecule has 0 aliphatic heterocycles. The first kappa shape index (κ1) is 16.3.